The summed E-state index contributed by atoms with van der Waals surface area (Å²) in [6.07, 6.45) is 2.97. The van der Waals surface area contributed by atoms with Crippen LogP contribution in [0.15, 0.2) is 0 Å². The van der Waals surface area contributed by atoms with E-state index in [0.717, 1.165) is 17.9 Å². The lowest BCUT2D eigenvalue weighted by molar-refractivity contribution is 0.215. The summed E-state index contributed by atoms with van der Waals surface area (Å²) < 4.78 is 0. The maximum absolute atomic E-state index is 3.48. The fourth-order valence-corrected chi connectivity index (χ4v) is 2.00. The fourth-order valence-electron chi connectivity index (χ4n) is 2.00. The van der Waals surface area contributed by atoms with Gasteiger partial charge in [-0.15, -0.1) is 0 Å². The van der Waals surface area contributed by atoms with Gasteiger partial charge in [-0.05, 0) is 38.1 Å². The third-order valence-electron chi connectivity index (χ3n) is 2.82. The molecule has 0 amide bonds. The predicted octanol–water partition coefficient (Wildman–Crippen LogP) is 1.00. The predicted molar refractivity (Wildman–Crippen MR) is 33.7 cm³/mol. The maximum Gasteiger partial charge on any atom is 0.00702 e. The van der Waals surface area contributed by atoms with E-state index in [1.165, 1.54) is 19.4 Å². The summed E-state index contributed by atoms with van der Waals surface area (Å²) in [5.74, 6) is 2.11. The fraction of sp³-hybridized carbons (Fsp3) is 1.00. The monoisotopic (exact) mass is 111 g/mol. The Bertz CT molecular complexity index is 94.6. The molecule has 0 spiro atoms. The Labute approximate surface area is 50.5 Å². The molecule has 1 heteroatoms. The van der Waals surface area contributed by atoms with Crippen LogP contribution < -0.4 is 5.32 Å². The van der Waals surface area contributed by atoms with Crippen LogP contribution in [0.4, 0.5) is 0 Å². The zero-order chi connectivity index (χ0) is 5.56. The van der Waals surface area contributed by atoms with Crippen LogP contribution in [0.3, 0.4) is 0 Å². The lowest BCUT2D eigenvalue weighted by Gasteiger charge is -2.31. The zero-order valence-corrected chi connectivity index (χ0v) is 5.35. The minimum Gasteiger partial charge on any atom is -0.314 e. The topological polar surface area (TPSA) is 12.0 Å². The van der Waals surface area contributed by atoms with Crippen molar-refractivity contribution in [2.75, 3.05) is 6.54 Å². The standard InChI is InChI=1S/C7H13N/c1-5-7-3-2-6(7)4-8-5/h5-8H,2-4H2,1H3/t5-,6+,7-/m0/s1. The zero-order valence-electron chi connectivity index (χ0n) is 5.35. The van der Waals surface area contributed by atoms with E-state index in [9.17, 15) is 0 Å². The first kappa shape index (κ1) is 4.80. The average molecular weight is 111 g/mol. The number of fused-ring (bicyclic) bond motifs is 1. The van der Waals surface area contributed by atoms with Gasteiger partial charge in [-0.2, -0.15) is 0 Å². The quantitative estimate of drug-likeness (QED) is 0.492. The molecule has 0 aromatic rings. The van der Waals surface area contributed by atoms with Crippen molar-refractivity contribution in [2.24, 2.45) is 11.8 Å². The minimum atomic E-state index is 0.828. The number of hydrogen-bond acceptors (Lipinski definition) is 1. The van der Waals surface area contributed by atoms with E-state index < -0.39 is 0 Å². The molecule has 0 aromatic heterocycles. The van der Waals surface area contributed by atoms with Gasteiger partial charge in [0.15, 0.2) is 0 Å². The van der Waals surface area contributed by atoms with Crippen molar-refractivity contribution in [1.82, 2.24) is 5.32 Å². The molecule has 1 heterocycles. The third-order valence-corrected chi connectivity index (χ3v) is 2.82. The summed E-state index contributed by atoms with van der Waals surface area (Å²) in [5.41, 5.74) is 0. The average Bonchev–Trinajstić information content (AvgIpc) is 1.80. The van der Waals surface area contributed by atoms with Crippen molar-refractivity contribution in [2.45, 2.75) is 25.8 Å². The van der Waals surface area contributed by atoms with Gasteiger partial charge in [0.25, 0.3) is 0 Å². The van der Waals surface area contributed by atoms with Crippen LogP contribution >= 0.6 is 0 Å². The first-order valence-corrected chi connectivity index (χ1v) is 3.61. The molecular weight excluding hydrogens is 98.1 g/mol. The molecule has 1 aliphatic heterocycles. The summed E-state index contributed by atoms with van der Waals surface area (Å²) in [6.45, 7) is 3.61. The summed E-state index contributed by atoms with van der Waals surface area (Å²) in [7, 11) is 0. The molecular formula is C7H13N. The molecule has 2 fully saturated rings. The van der Waals surface area contributed by atoms with Crippen molar-refractivity contribution >= 4 is 0 Å². The normalized spacial score (nSPS) is 52.9. The highest BCUT2D eigenvalue weighted by atomic mass is 15.0. The first-order chi connectivity index (χ1) is 3.88. The lowest BCUT2D eigenvalue weighted by atomic mass is 9.73. The van der Waals surface area contributed by atoms with Gasteiger partial charge in [-0.25, -0.2) is 0 Å². The van der Waals surface area contributed by atoms with Gasteiger partial charge in [0.2, 0.25) is 0 Å². The molecule has 46 valence electrons. The number of nitrogens with one attached hydrogen (secondary N) is 1. The summed E-state index contributed by atoms with van der Waals surface area (Å²) in [4.78, 5) is 0. The van der Waals surface area contributed by atoms with Crippen molar-refractivity contribution in [1.29, 1.82) is 0 Å². The second-order valence-electron chi connectivity index (χ2n) is 3.20. The highest BCUT2D eigenvalue weighted by molar-refractivity contribution is 4.94. The molecule has 1 aliphatic carbocycles. The van der Waals surface area contributed by atoms with Gasteiger partial charge in [0, 0.05) is 6.04 Å². The molecule has 1 N–H and O–H groups in total. The van der Waals surface area contributed by atoms with E-state index in [1.807, 2.05) is 0 Å². The van der Waals surface area contributed by atoms with Gasteiger partial charge in [0.1, 0.15) is 0 Å². The van der Waals surface area contributed by atoms with E-state index >= 15 is 0 Å². The molecule has 2 rings (SSSR count). The van der Waals surface area contributed by atoms with Crippen LogP contribution in [0, 0.1) is 11.8 Å². The van der Waals surface area contributed by atoms with Gasteiger partial charge in [-0.3, -0.25) is 0 Å². The number of rotatable bonds is 0. The van der Waals surface area contributed by atoms with E-state index in [0.29, 0.717) is 0 Å². The van der Waals surface area contributed by atoms with Crippen LogP contribution in [0.25, 0.3) is 0 Å². The molecule has 2 aliphatic rings. The van der Waals surface area contributed by atoms with Crippen LogP contribution in [0.1, 0.15) is 19.8 Å². The Kier molecular flexibility index (Phi) is 0.884. The highest BCUT2D eigenvalue weighted by Gasteiger charge is 2.39. The second-order valence-corrected chi connectivity index (χ2v) is 3.20. The van der Waals surface area contributed by atoms with Crippen molar-refractivity contribution in [3.8, 4) is 0 Å². The van der Waals surface area contributed by atoms with Gasteiger partial charge < -0.3 is 5.32 Å². The summed E-state index contributed by atoms with van der Waals surface area (Å²) in [6, 6.07) is 0.828. The molecule has 8 heavy (non-hydrogen) atoms. The molecule has 1 saturated carbocycles. The van der Waals surface area contributed by atoms with E-state index in [4.69, 9.17) is 0 Å². The minimum absolute atomic E-state index is 0.828. The van der Waals surface area contributed by atoms with E-state index in [2.05, 4.69) is 12.2 Å². The molecule has 3 atom stereocenters. The highest BCUT2D eigenvalue weighted by Crippen LogP contribution is 2.39. The van der Waals surface area contributed by atoms with Gasteiger partial charge >= 0.3 is 0 Å². The smallest absolute Gasteiger partial charge is 0.00702 e. The molecule has 0 radical (unpaired) electrons. The van der Waals surface area contributed by atoms with Crippen LogP contribution in [-0.4, -0.2) is 12.6 Å². The number of hydrogen-bond donors (Lipinski definition) is 1. The summed E-state index contributed by atoms with van der Waals surface area (Å²) in [5, 5.41) is 3.48. The van der Waals surface area contributed by atoms with Crippen molar-refractivity contribution in [3.05, 3.63) is 0 Å². The van der Waals surface area contributed by atoms with Crippen LogP contribution in [0.5, 0.6) is 0 Å². The Morgan fingerprint density at radius 1 is 1.38 bits per heavy atom. The Morgan fingerprint density at radius 3 is 2.50 bits per heavy atom. The van der Waals surface area contributed by atoms with Gasteiger partial charge in [-0.1, -0.05) is 0 Å². The van der Waals surface area contributed by atoms with Crippen LogP contribution in [-0.2, 0) is 0 Å². The second kappa shape index (κ2) is 1.47. The Hall–Kier alpha value is -0.0400. The Morgan fingerprint density at radius 2 is 2.25 bits per heavy atom. The van der Waals surface area contributed by atoms with Crippen LogP contribution in [0.2, 0.25) is 0 Å². The molecule has 1 nitrogen and oxygen atoms in total. The first-order valence-electron chi connectivity index (χ1n) is 3.61. The van der Waals surface area contributed by atoms with Crippen molar-refractivity contribution < 1.29 is 0 Å². The SMILES string of the molecule is C[C@@H]1NC[C@H]2CC[C@H]21. The molecule has 0 unspecified atom stereocenters. The van der Waals surface area contributed by atoms with Gasteiger partial charge in [0.05, 0.1) is 0 Å². The Balaban J connectivity index is 2.05. The summed E-state index contributed by atoms with van der Waals surface area (Å²) >= 11 is 0. The van der Waals surface area contributed by atoms with E-state index in [-0.39, 0.29) is 0 Å². The maximum atomic E-state index is 3.48. The molecule has 1 saturated heterocycles. The molecule has 0 aromatic carbocycles. The molecule has 0 bridgehead atoms. The largest absolute Gasteiger partial charge is 0.314 e. The van der Waals surface area contributed by atoms with Crippen molar-refractivity contribution in [3.63, 3.8) is 0 Å². The van der Waals surface area contributed by atoms with E-state index in [1.54, 1.807) is 0 Å². The third kappa shape index (κ3) is 0.455. The lowest BCUT2D eigenvalue weighted by Crippen LogP contribution is -2.28.